The van der Waals surface area contributed by atoms with E-state index in [1.54, 1.807) is 12.1 Å². The minimum atomic E-state index is 0.0650. The van der Waals surface area contributed by atoms with Gasteiger partial charge in [0.25, 0.3) is 0 Å². The summed E-state index contributed by atoms with van der Waals surface area (Å²) in [5, 5.41) is 10.4. The molecule has 3 N–H and O–H groups in total. The maximum atomic E-state index is 9.76. The maximum Gasteiger partial charge on any atom is 0.141 e. The molecule has 0 atom stereocenters. The molecule has 20 heavy (non-hydrogen) atoms. The fourth-order valence-electron chi connectivity index (χ4n) is 2.33. The Balaban J connectivity index is 2.26. The molecule has 0 unspecified atom stereocenters. The summed E-state index contributed by atoms with van der Waals surface area (Å²) in [5.41, 5.74) is 8.68. The van der Waals surface area contributed by atoms with E-state index < -0.39 is 0 Å². The van der Waals surface area contributed by atoms with Crippen LogP contribution in [-0.2, 0) is 6.54 Å². The fraction of sp³-hybridized carbons (Fsp3) is 0.133. The highest BCUT2D eigenvalue weighted by Gasteiger charge is 2.12. The average molecular weight is 288 g/mol. The number of benzene rings is 2. The van der Waals surface area contributed by atoms with E-state index in [2.05, 4.69) is 16.5 Å². The highest BCUT2D eigenvalue weighted by atomic mass is 35.5. The third-order valence-corrected chi connectivity index (χ3v) is 3.55. The molecular weight excluding hydrogens is 274 g/mol. The van der Waals surface area contributed by atoms with Crippen LogP contribution in [0.4, 0.5) is 5.69 Å². The molecule has 0 radical (unpaired) electrons. The van der Waals surface area contributed by atoms with Crippen LogP contribution in [0.5, 0.6) is 5.75 Å². The van der Waals surface area contributed by atoms with Gasteiger partial charge < -0.3 is 15.4 Å². The van der Waals surface area contributed by atoms with Crippen molar-refractivity contribution in [1.82, 2.24) is 9.55 Å². The largest absolute Gasteiger partial charge is 0.506 e. The van der Waals surface area contributed by atoms with Gasteiger partial charge >= 0.3 is 0 Å². The fourth-order valence-corrected chi connectivity index (χ4v) is 2.49. The van der Waals surface area contributed by atoms with E-state index in [0.717, 1.165) is 29.0 Å². The topological polar surface area (TPSA) is 64.1 Å². The van der Waals surface area contributed by atoms with Gasteiger partial charge in [-0.3, -0.25) is 0 Å². The smallest absolute Gasteiger partial charge is 0.141 e. The van der Waals surface area contributed by atoms with Crippen LogP contribution < -0.4 is 5.73 Å². The Hall–Kier alpha value is -2.20. The molecule has 5 heteroatoms. The highest BCUT2D eigenvalue weighted by molar-refractivity contribution is 6.31. The van der Waals surface area contributed by atoms with Crippen LogP contribution in [0.1, 0.15) is 6.92 Å². The van der Waals surface area contributed by atoms with Gasteiger partial charge in [-0.05, 0) is 43.3 Å². The first-order valence-electron chi connectivity index (χ1n) is 6.35. The first-order chi connectivity index (χ1) is 9.60. The number of nitrogens with zero attached hydrogens (tertiary/aromatic N) is 2. The molecule has 0 aliphatic rings. The first-order valence-corrected chi connectivity index (χ1v) is 6.72. The van der Waals surface area contributed by atoms with Gasteiger partial charge in [0.1, 0.15) is 11.6 Å². The molecule has 0 saturated heterocycles. The molecule has 2 aromatic carbocycles. The third kappa shape index (κ3) is 1.98. The number of halogens is 1. The number of nitrogen functional groups attached to an aromatic ring is 1. The second-order valence-electron chi connectivity index (χ2n) is 4.59. The van der Waals surface area contributed by atoms with Crippen molar-refractivity contribution in [2.75, 3.05) is 5.73 Å². The van der Waals surface area contributed by atoms with E-state index in [0.29, 0.717) is 10.7 Å². The Kier molecular flexibility index (Phi) is 3.03. The maximum absolute atomic E-state index is 9.76. The summed E-state index contributed by atoms with van der Waals surface area (Å²) in [6, 6.07) is 10.8. The number of anilines is 1. The van der Waals surface area contributed by atoms with Gasteiger partial charge in [0, 0.05) is 17.1 Å². The normalized spacial score (nSPS) is 11.1. The number of phenols is 1. The predicted octanol–water partition coefficient (Wildman–Crippen LogP) is 3.66. The molecular formula is C15H14ClN3O. The Morgan fingerprint density at radius 3 is 2.75 bits per heavy atom. The third-order valence-electron chi connectivity index (χ3n) is 3.32. The van der Waals surface area contributed by atoms with Crippen LogP contribution in [0.2, 0.25) is 5.02 Å². The first kappa shape index (κ1) is 12.8. The molecule has 1 aromatic heterocycles. The van der Waals surface area contributed by atoms with Crippen molar-refractivity contribution in [2.45, 2.75) is 13.5 Å². The lowest BCUT2D eigenvalue weighted by Gasteiger charge is -2.07. The van der Waals surface area contributed by atoms with Gasteiger partial charge in [0.2, 0.25) is 0 Å². The summed E-state index contributed by atoms with van der Waals surface area (Å²) in [7, 11) is 0. The standard InChI is InChI=1S/C15H14ClN3O/c1-2-19-13-6-4-10(16)8-12(13)18-15(19)9-3-5-11(17)14(20)7-9/h3-8,20H,2,17H2,1H3. The van der Waals surface area contributed by atoms with Crippen LogP contribution >= 0.6 is 11.6 Å². The number of nitrogens with two attached hydrogens (primary N) is 1. The van der Waals surface area contributed by atoms with E-state index in [1.165, 1.54) is 0 Å². The number of aryl methyl sites for hydroxylation is 1. The minimum Gasteiger partial charge on any atom is -0.506 e. The summed E-state index contributed by atoms with van der Waals surface area (Å²) >= 11 is 6.01. The number of aromatic nitrogens is 2. The Morgan fingerprint density at radius 2 is 2.05 bits per heavy atom. The lowest BCUT2D eigenvalue weighted by Crippen LogP contribution is -1.97. The van der Waals surface area contributed by atoms with Crippen LogP contribution in [0.3, 0.4) is 0 Å². The monoisotopic (exact) mass is 287 g/mol. The van der Waals surface area contributed by atoms with Crippen LogP contribution in [0.15, 0.2) is 36.4 Å². The van der Waals surface area contributed by atoms with Crippen LogP contribution in [0.25, 0.3) is 22.4 Å². The van der Waals surface area contributed by atoms with E-state index in [9.17, 15) is 5.11 Å². The molecule has 0 saturated carbocycles. The lowest BCUT2D eigenvalue weighted by atomic mass is 10.2. The van der Waals surface area contributed by atoms with Crippen molar-refractivity contribution in [1.29, 1.82) is 0 Å². The average Bonchev–Trinajstić information content (AvgIpc) is 2.79. The SMILES string of the molecule is CCn1c(-c2ccc(N)c(O)c2)nc2cc(Cl)ccc21. The molecule has 1 heterocycles. The number of phenolic OH excluding ortho intramolecular Hbond substituents is 1. The molecule has 0 aliphatic carbocycles. The molecule has 4 nitrogen and oxygen atoms in total. The number of imidazole rings is 1. The molecule has 0 amide bonds. The van der Waals surface area contributed by atoms with Gasteiger partial charge in [-0.25, -0.2) is 4.98 Å². The summed E-state index contributed by atoms with van der Waals surface area (Å²) in [4.78, 5) is 4.61. The molecule has 0 bridgehead atoms. The number of fused-ring (bicyclic) bond motifs is 1. The summed E-state index contributed by atoms with van der Waals surface area (Å²) in [5.74, 6) is 0.857. The summed E-state index contributed by atoms with van der Waals surface area (Å²) in [6.07, 6.45) is 0. The van der Waals surface area contributed by atoms with Crippen molar-refractivity contribution in [3.05, 3.63) is 41.4 Å². The van der Waals surface area contributed by atoms with Crippen molar-refractivity contribution in [3.63, 3.8) is 0 Å². The van der Waals surface area contributed by atoms with E-state index >= 15 is 0 Å². The second-order valence-corrected chi connectivity index (χ2v) is 5.02. The van der Waals surface area contributed by atoms with Crippen molar-refractivity contribution in [2.24, 2.45) is 0 Å². The highest BCUT2D eigenvalue weighted by Crippen LogP contribution is 2.30. The predicted molar refractivity (Wildman–Crippen MR) is 81.9 cm³/mol. The van der Waals surface area contributed by atoms with E-state index in [4.69, 9.17) is 17.3 Å². The Labute approximate surface area is 121 Å². The number of aromatic hydroxyl groups is 1. The van der Waals surface area contributed by atoms with Gasteiger partial charge in [-0.1, -0.05) is 11.6 Å². The quantitative estimate of drug-likeness (QED) is 0.558. The zero-order valence-corrected chi connectivity index (χ0v) is 11.7. The lowest BCUT2D eigenvalue weighted by molar-refractivity contribution is 0.478. The second kappa shape index (κ2) is 4.72. The van der Waals surface area contributed by atoms with Gasteiger partial charge in [0.15, 0.2) is 0 Å². The molecule has 0 spiro atoms. The molecule has 3 rings (SSSR count). The zero-order valence-electron chi connectivity index (χ0n) is 11.0. The summed E-state index contributed by atoms with van der Waals surface area (Å²) < 4.78 is 2.08. The molecule has 0 aliphatic heterocycles. The Bertz CT molecular complexity index is 795. The van der Waals surface area contributed by atoms with Gasteiger partial charge in [-0.15, -0.1) is 0 Å². The van der Waals surface area contributed by atoms with Crippen LogP contribution in [0, 0.1) is 0 Å². The number of hydrogen-bond donors (Lipinski definition) is 2. The van der Waals surface area contributed by atoms with Crippen molar-refractivity contribution < 1.29 is 5.11 Å². The molecule has 102 valence electrons. The minimum absolute atomic E-state index is 0.0650. The van der Waals surface area contributed by atoms with Crippen molar-refractivity contribution >= 4 is 28.3 Å². The number of rotatable bonds is 2. The van der Waals surface area contributed by atoms with Gasteiger partial charge in [-0.2, -0.15) is 0 Å². The van der Waals surface area contributed by atoms with Crippen LogP contribution in [-0.4, -0.2) is 14.7 Å². The molecule has 0 fully saturated rings. The zero-order chi connectivity index (χ0) is 14.3. The van der Waals surface area contributed by atoms with E-state index in [-0.39, 0.29) is 5.75 Å². The van der Waals surface area contributed by atoms with Crippen molar-refractivity contribution in [3.8, 4) is 17.1 Å². The summed E-state index contributed by atoms with van der Waals surface area (Å²) in [6.45, 7) is 2.83. The van der Waals surface area contributed by atoms with E-state index in [1.807, 2.05) is 24.3 Å². The molecule has 3 aromatic rings. The number of hydrogen-bond acceptors (Lipinski definition) is 3. The Morgan fingerprint density at radius 1 is 1.25 bits per heavy atom. The van der Waals surface area contributed by atoms with Gasteiger partial charge in [0.05, 0.1) is 16.7 Å².